The summed E-state index contributed by atoms with van der Waals surface area (Å²) in [5.74, 6) is -0.281. The smallest absolute Gasteiger partial charge is 0.244 e. The molecule has 2 rings (SSSR count). The molecule has 1 aromatic heterocycles. The number of halogens is 1. The van der Waals surface area contributed by atoms with E-state index in [9.17, 15) is 9.90 Å². The van der Waals surface area contributed by atoms with Gasteiger partial charge in [-0.15, -0.1) is 0 Å². The van der Waals surface area contributed by atoms with Crippen molar-refractivity contribution < 1.29 is 9.90 Å². The number of aromatic nitrogens is 2. The minimum atomic E-state index is -0.626. The van der Waals surface area contributed by atoms with Crippen molar-refractivity contribution in [1.29, 1.82) is 0 Å². The van der Waals surface area contributed by atoms with Crippen molar-refractivity contribution in [2.45, 2.75) is 19.4 Å². The third kappa shape index (κ3) is 4.94. The number of hydrogen-bond donors (Lipinski definition) is 2. The normalized spacial score (nSPS) is 12.5. The molecule has 2 aromatic rings. The lowest BCUT2D eigenvalue weighted by Gasteiger charge is -2.10. The lowest BCUT2D eigenvalue weighted by Crippen LogP contribution is -2.32. The molecule has 0 spiro atoms. The Hall–Kier alpha value is -2.11. The van der Waals surface area contributed by atoms with E-state index in [1.807, 2.05) is 37.3 Å². The number of rotatable bonds is 6. The third-order valence-corrected chi connectivity index (χ3v) is 3.87. The number of carbonyl (C=O) groups excluding carboxylic acids is 1. The highest BCUT2D eigenvalue weighted by Gasteiger charge is 2.09. The second-order valence-corrected chi connectivity index (χ2v) is 5.69. The number of benzene rings is 1. The van der Waals surface area contributed by atoms with Crippen LogP contribution in [-0.2, 0) is 18.3 Å². The predicted octanol–water partition coefficient (Wildman–Crippen LogP) is 2.11. The van der Waals surface area contributed by atoms with Crippen LogP contribution in [0.2, 0.25) is 5.15 Å². The summed E-state index contributed by atoms with van der Waals surface area (Å²) in [4.78, 5) is 11.8. The van der Waals surface area contributed by atoms with Gasteiger partial charge in [-0.25, -0.2) is 0 Å². The summed E-state index contributed by atoms with van der Waals surface area (Å²) in [5.41, 5.74) is 2.50. The van der Waals surface area contributed by atoms with Gasteiger partial charge in [-0.3, -0.25) is 9.48 Å². The minimum Gasteiger partial charge on any atom is -0.391 e. The van der Waals surface area contributed by atoms with Gasteiger partial charge in [0, 0.05) is 31.7 Å². The van der Waals surface area contributed by atoms with Crippen molar-refractivity contribution in [3.05, 3.63) is 58.4 Å². The zero-order chi connectivity index (χ0) is 16.8. The van der Waals surface area contributed by atoms with Crippen molar-refractivity contribution in [2.24, 2.45) is 7.05 Å². The highest BCUT2D eigenvalue weighted by molar-refractivity contribution is 6.31. The number of aliphatic hydroxyl groups excluding tert-OH is 1. The van der Waals surface area contributed by atoms with Crippen molar-refractivity contribution in [3.63, 3.8) is 0 Å². The molecule has 0 aliphatic heterocycles. The molecule has 0 fully saturated rings. The van der Waals surface area contributed by atoms with Gasteiger partial charge in [0.05, 0.1) is 11.8 Å². The Bertz CT molecular complexity index is 695. The SMILES string of the molecule is Cc1nn(C)c(Cl)c1/C=C/C(=O)NCC(O)Cc1ccccc1. The standard InChI is InChI=1S/C17H20ClN3O2/c1-12-15(17(18)21(2)20-12)8-9-16(23)19-11-14(22)10-13-6-4-3-5-7-13/h3-9,14,22H,10-11H2,1-2H3,(H,19,23)/b9-8+. The van der Waals surface area contributed by atoms with E-state index in [-0.39, 0.29) is 12.5 Å². The lowest BCUT2D eigenvalue weighted by molar-refractivity contribution is -0.116. The van der Waals surface area contributed by atoms with Crippen molar-refractivity contribution in [2.75, 3.05) is 6.54 Å². The molecule has 5 nitrogen and oxygen atoms in total. The minimum absolute atomic E-state index is 0.192. The van der Waals surface area contributed by atoms with E-state index in [4.69, 9.17) is 11.6 Å². The van der Waals surface area contributed by atoms with Gasteiger partial charge in [0.25, 0.3) is 0 Å². The fourth-order valence-corrected chi connectivity index (χ4v) is 2.47. The maximum Gasteiger partial charge on any atom is 0.244 e. The van der Waals surface area contributed by atoms with Crippen LogP contribution in [0.25, 0.3) is 6.08 Å². The first kappa shape index (κ1) is 17.2. The first-order valence-corrected chi connectivity index (χ1v) is 7.72. The lowest BCUT2D eigenvalue weighted by atomic mass is 10.1. The van der Waals surface area contributed by atoms with Gasteiger partial charge in [-0.05, 0) is 18.6 Å². The number of nitrogens with one attached hydrogen (secondary N) is 1. The molecule has 0 aliphatic carbocycles. The summed E-state index contributed by atoms with van der Waals surface area (Å²) in [6.45, 7) is 2.02. The molecule has 23 heavy (non-hydrogen) atoms. The summed E-state index contributed by atoms with van der Waals surface area (Å²) in [5, 5.41) is 17.3. The molecule has 0 bridgehead atoms. The molecule has 1 amide bonds. The molecule has 6 heteroatoms. The maximum atomic E-state index is 11.8. The molecule has 1 atom stereocenters. The Balaban J connectivity index is 1.84. The topological polar surface area (TPSA) is 67.2 Å². The largest absolute Gasteiger partial charge is 0.391 e. The van der Waals surface area contributed by atoms with Crippen molar-refractivity contribution in [3.8, 4) is 0 Å². The second-order valence-electron chi connectivity index (χ2n) is 5.34. The van der Waals surface area contributed by atoms with Crippen LogP contribution in [0.4, 0.5) is 0 Å². The van der Waals surface area contributed by atoms with E-state index >= 15 is 0 Å². The van der Waals surface area contributed by atoms with Gasteiger partial charge in [0.1, 0.15) is 5.15 Å². The molecule has 1 heterocycles. The number of aryl methyl sites for hydroxylation is 2. The molecule has 2 N–H and O–H groups in total. The molecule has 0 saturated carbocycles. The molecule has 1 aromatic carbocycles. The predicted molar refractivity (Wildman–Crippen MR) is 91.2 cm³/mol. The zero-order valence-corrected chi connectivity index (χ0v) is 13.9. The fraction of sp³-hybridized carbons (Fsp3) is 0.294. The quantitative estimate of drug-likeness (QED) is 0.796. The highest BCUT2D eigenvalue weighted by Crippen LogP contribution is 2.19. The number of carbonyl (C=O) groups is 1. The molecular formula is C17H20ClN3O2. The van der Waals surface area contributed by atoms with Crippen LogP contribution in [0.1, 0.15) is 16.8 Å². The molecule has 0 saturated heterocycles. The highest BCUT2D eigenvalue weighted by atomic mass is 35.5. The summed E-state index contributed by atoms with van der Waals surface area (Å²) >= 11 is 6.09. The Kier molecular flexibility index (Phi) is 5.96. The molecule has 122 valence electrons. The van der Waals surface area contributed by atoms with Gasteiger partial charge in [0.15, 0.2) is 0 Å². The van der Waals surface area contributed by atoms with Crippen LogP contribution >= 0.6 is 11.6 Å². The zero-order valence-electron chi connectivity index (χ0n) is 13.2. The van der Waals surface area contributed by atoms with E-state index in [0.717, 1.165) is 11.3 Å². The Labute approximate surface area is 140 Å². The average molecular weight is 334 g/mol. The second kappa shape index (κ2) is 7.94. The third-order valence-electron chi connectivity index (χ3n) is 3.42. The van der Waals surface area contributed by atoms with Gasteiger partial charge < -0.3 is 10.4 Å². The van der Waals surface area contributed by atoms with Gasteiger partial charge >= 0.3 is 0 Å². The van der Waals surface area contributed by atoms with Crippen LogP contribution < -0.4 is 5.32 Å². The number of aliphatic hydroxyl groups is 1. The number of amides is 1. The number of nitrogens with zero attached hydrogens (tertiary/aromatic N) is 2. The van der Waals surface area contributed by atoms with E-state index < -0.39 is 6.10 Å². The summed E-state index contributed by atoms with van der Waals surface area (Å²) in [6.07, 6.45) is 2.89. The fourth-order valence-electron chi connectivity index (χ4n) is 2.23. The van der Waals surface area contributed by atoms with Crippen LogP contribution in [-0.4, -0.2) is 33.4 Å². The van der Waals surface area contributed by atoms with E-state index in [2.05, 4.69) is 10.4 Å². The van der Waals surface area contributed by atoms with Crippen LogP contribution in [0.3, 0.4) is 0 Å². The van der Waals surface area contributed by atoms with Crippen molar-refractivity contribution in [1.82, 2.24) is 15.1 Å². The van der Waals surface area contributed by atoms with E-state index in [0.29, 0.717) is 17.1 Å². The van der Waals surface area contributed by atoms with Crippen LogP contribution in [0.15, 0.2) is 36.4 Å². The molecular weight excluding hydrogens is 314 g/mol. The van der Waals surface area contributed by atoms with E-state index in [1.54, 1.807) is 17.8 Å². The maximum absolute atomic E-state index is 11.8. The summed E-state index contributed by atoms with van der Waals surface area (Å²) in [7, 11) is 1.74. The number of hydrogen-bond acceptors (Lipinski definition) is 3. The van der Waals surface area contributed by atoms with E-state index in [1.165, 1.54) is 6.08 Å². The first-order chi connectivity index (χ1) is 11.0. The monoisotopic (exact) mass is 333 g/mol. The molecule has 1 unspecified atom stereocenters. The summed E-state index contributed by atoms with van der Waals surface area (Å²) < 4.78 is 1.55. The Morgan fingerprint density at radius 1 is 1.43 bits per heavy atom. The van der Waals surface area contributed by atoms with Crippen LogP contribution in [0, 0.1) is 6.92 Å². The Morgan fingerprint density at radius 2 is 2.13 bits per heavy atom. The average Bonchev–Trinajstić information content (AvgIpc) is 2.77. The summed E-state index contributed by atoms with van der Waals surface area (Å²) in [6, 6.07) is 9.65. The van der Waals surface area contributed by atoms with Crippen molar-refractivity contribution >= 4 is 23.6 Å². The van der Waals surface area contributed by atoms with Gasteiger partial charge in [-0.2, -0.15) is 5.10 Å². The molecule has 0 radical (unpaired) electrons. The Morgan fingerprint density at radius 3 is 2.74 bits per heavy atom. The van der Waals surface area contributed by atoms with Crippen LogP contribution in [0.5, 0.6) is 0 Å². The first-order valence-electron chi connectivity index (χ1n) is 7.34. The van der Waals surface area contributed by atoms with Gasteiger partial charge in [-0.1, -0.05) is 41.9 Å². The molecule has 0 aliphatic rings. The van der Waals surface area contributed by atoms with Gasteiger partial charge in [0.2, 0.25) is 5.91 Å².